The summed E-state index contributed by atoms with van der Waals surface area (Å²) in [6.07, 6.45) is 3.73. The topological polar surface area (TPSA) is 48.5 Å². The van der Waals surface area contributed by atoms with Crippen LogP contribution in [0.3, 0.4) is 0 Å². The van der Waals surface area contributed by atoms with Crippen LogP contribution in [-0.2, 0) is 0 Å². The lowest BCUT2D eigenvalue weighted by atomic mass is 10.1. The summed E-state index contributed by atoms with van der Waals surface area (Å²) in [4.78, 5) is 4.19. The number of halogens is 1. The molecule has 0 rings (SSSR count). The van der Waals surface area contributed by atoms with E-state index in [0.717, 1.165) is 25.6 Å². The second kappa shape index (κ2) is 12.0. The first kappa shape index (κ1) is 20.3. The van der Waals surface area contributed by atoms with E-state index in [1.807, 2.05) is 7.05 Å². The van der Waals surface area contributed by atoms with Crippen molar-refractivity contribution in [2.45, 2.75) is 52.5 Å². The molecule has 0 aliphatic carbocycles. The Balaban J connectivity index is 0. The van der Waals surface area contributed by atoms with E-state index in [1.54, 1.807) is 0 Å². The second-order valence-electron chi connectivity index (χ2n) is 5.31. The third-order valence-corrected chi connectivity index (χ3v) is 2.37. The minimum Gasteiger partial charge on any atom is -0.356 e. The highest BCUT2D eigenvalue weighted by atomic mass is 127. The van der Waals surface area contributed by atoms with Crippen molar-refractivity contribution in [1.29, 1.82) is 0 Å². The molecule has 0 unspecified atom stereocenters. The molecule has 18 heavy (non-hydrogen) atoms. The van der Waals surface area contributed by atoms with Crippen LogP contribution in [-0.4, -0.2) is 38.2 Å². The Morgan fingerprint density at radius 3 is 2.11 bits per heavy atom. The zero-order valence-electron chi connectivity index (χ0n) is 12.6. The van der Waals surface area contributed by atoms with E-state index in [1.165, 1.54) is 19.3 Å². The van der Waals surface area contributed by atoms with E-state index < -0.39 is 0 Å². The molecule has 4 nitrogen and oxygen atoms in total. The van der Waals surface area contributed by atoms with Crippen LogP contribution in [0.15, 0.2) is 4.99 Å². The predicted molar refractivity (Wildman–Crippen MR) is 92.1 cm³/mol. The number of rotatable bonds is 7. The standard InChI is InChI=1S/C13H30N4.HI/c1-6-7-8-9-15-12(14-5)16-10-11-17-13(2,3)4;/h17H,6-11H2,1-5H3,(H2,14,15,16);1H. The fourth-order valence-corrected chi connectivity index (χ4v) is 1.42. The highest BCUT2D eigenvalue weighted by Gasteiger charge is 2.07. The Morgan fingerprint density at radius 2 is 1.61 bits per heavy atom. The number of unbranched alkanes of at least 4 members (excludes halogenated alkanes) is 2. The van der Waals surface area contributed by atoms with Crippen LogP contribution in [0.2, 0.25) is 0 Å². The summed E-state index contributed by atoms with van der Waals surface area (Å²) in [5.74, 6) is 0.900. The first-order valence-corrected chi connectivity index (χ1v) is 6.69. The SMILES string of the molecule is CCCCCNC(=NC)NCCNC(C)(C)C.I. The zero-order valence-corrected chi connectivity index (χ0v) is 14.9. The van der Waals surface area contributed by atoms with Gasteiger partial charge in [-0.25, -0.2) is 0 Å². The van der Waals surface area contributed by atoms with Crippen molar-refractivity contribution in [3.63, 3.8) is 0 Å². The van der Waals surface area contributed by atoms with Gasteiger partial charge in [-0.3, -0.25) is 4.99 Å². The molecule has 0 fully saturated rings. The smallest absolute Gasteiger partial charge is 0.191 e. The van der Waals surface area contributed by atoms with Crippen molar-refractivity contribution < 1.29 is 0 Å². The van der Waals surface area contributed by atoms with Crippen LogP contribution in [0.5, 0.6) is 0 Å². The van der Waals surface area contributed by atoms with Gasteiger partial charge >= 0.3 is 0 Å². The van der Waals surface area contributed by atoms with E-state index in [-0.39, 0.29) is 29.5 Å². The van der Waals surface area contributed by atoms with E-state index >= 15 is 0 Å². The molecule has 0 bridgehead atoms. The summed E-state index contributed by atoms with van der Waals surface area (Å²) in [5.41, 5.74) is 0.180. The molecule has 0 aliphatic heterocycles. The van der Waals surface area contributed by atoms with Crippen molar-refractivity contribution in [3.05, 3.63) is 0 Å². The highest BCUT2D eigenvalue weighted by Crippen LogP contribution is 1.96. The van der Waals surface area contributed by atoms with Gasteiger partial charge in [0.1, 0.15) is 0 Å². The Morgan fingerprint density at radius 1 is 1.00 bits per heavy atom. The quantitative estimate of drug-likeness (QED) is 0.279. The van der Waals surface area contributed by atoms with Crippen molar-refractivity contribution in [3.8, 4) is 0 Å². The molecule has 0 radical (unpaired) electrons. The molecule has 0 aromatic carbocycles. The molecule has 0 atom stereocenters. The molecule has 3 N–H and O–H groups in total. The van der Waals surface area contributed by atoms with Crippen LogP contribution >= 0.6 is 24.0 Å². The largest absolute Gasteiger partial charge is 0.356 e. The highest BCUT2D eigenvalue weighted by molar-refractivity contribution is 14.0. The maximum absolute atomic E-state index is 4.19. The Labute approximate surface area is 130 Å². The Hall–Kier alpha value is -0.0400. The molecule has 0 heterocycles. The summed E-state index contributed by atoms with van der Waals surface area (Å²) < 4.78 is 0. The average molecular weight is 370 g/mol. The molecule has 0 aliphatic rings. The lowest BCUT2D eigenvalue weighted by Gasteiger charge is -2.21. The van der Waals surface area contributed by atoms with E-state index in [4.69, 9.17) is 0 Å². The number of guanidine groups is 1. The molecule has 0 spiro atoms. The van der Waals surface area contributed by atoms with Gasteiger partial charge in [0.25, 0.3) is 0 Å². The van der Waals surface area contributed by atoms with Gasteiger partial charge in [-0.1, -0.05) is 19.8 Å². The van der Waals surface area contributed by atoms with Gasteiger partial charge in [0.15, 0.2) is 5.96 Å². The number of aliphatic imine (C=N–C) groups is 1. The van der Waals surface area contributed by atoms with Crippen molar-refractivity contribution in [2.24, 2.45) is 4.99 Å². The Bertz CT molecular complexity index is 212. The molecular formula is C13H31IN4. The lowest BCUT2D eigenvalue weighted by molar-refractivity contribution is 0.428. The third-order valence-electron chi connectivity index (χ3n) is 2.37. The Kier molecular flexibility index (Phi) is 13.5. The number of nitrogens with zero attached hydrogens (tertiary/aromatic N) is 1. The van der Waals surface area contributed by atoms with Gasteiger partial charge in [-0.05, 0) is 27.2 Å². The first-order valence-electron chi connectivity index (χ1n) is 6.69. The molecule has 5 heteroatoms. The van der Waals surface area contributed by atoms with E-state index in [0.29, 0.717) is 0 Å². The summed E-state index contributed by atoms with van der Waals surface area (Å²) in [6.45, 7) is 11.6. The monoisotopic (exact) mass is 370 g/mol. The van der Waals surface area contributed by atoms with Crippen molar-refractivity contribution in [1.82, 2.24) is 16.0 Å². The summed E-state index contributed by atoms with van der Waals surface area (Å²) >= 11 is 0. The van der Waals surface area contributed by atoms with Gasteiger partial charge in [0, 0.05) is 32.2 Å². The lowest BCUT2D eigenvalue weighted by Crippen LogP contribution is -2.44. The number of nitrogens with one attached hydrogen (secondary N) is 3. The minimum atomic E-state index is 0. The fraction of sp³-hybridized carbons (Fsp3) is 0.923. The van der Waals surface area contributed by atoms with Crippen LogP contribution in [0.25, 0.3) is 0 Å². The van der Waals surface area contributed by atoms with Gasteiger partial charge in [0.2, 0.25) is 0 Å². The maximum Gasteiger partial charge on any atom is 0.191 e. The average Bonchev–Trinajstić information content (AvgIpc) is 2.25. The molecule has 0 amide bonds. The zero-order chi connectivity index (χ0) is 13.1. The predicted octanol–water partition coefficient (Wildman–Crippen LogP) is 2.35. The van der Waals surface area contributed by atoms with Crippen molar-refractivity contribution in [2.75, 3.05) is 26.7 Å². The molecule has 110 valence electrons. The summed E-state index contributed by atoms with van der Waals surface area (Å²) in [7, 11) is 1.81. The fourth-order valence-electron chi connectivity index (χ4n) is 1.42. The van der Waals surface area contributed by atoms with Gasteiger partial charge in [0.05, 0.1) is 0 Å². The van der Waals surface area contributed by atoms with Gasteiger partial charge < -0.3 is 16.0 Å². The number of hydrogen-bond acceptors (Lipinski definition) is 2. The first-order chi connectivity index (χ1) is 7.99. The normalized spacial score (nSPS) is 11.9. The molecule has 0 aromatic heterocycles. The summed E-state index contributed by atoms with van der Waals surface area (Å²) in [6, 6.07) is 0. The van der Waals surface area contributed by atoms with Crippen LogP contribution < -0.4 is 16.0 Å². The van der Waals surface area contributed by atoms with E-state index in [9.17, 15) is 0 Å². The number of hydrogen-bond donors (Lipinski definition) is 3. The van der Waals surface area contributed by atoms with Gasteiger partial charge in [-0.2, -0.15) is 0 Å². The van der Waals surface area contributed by atoms with Crippen LogP contribution in [0.1, 0.15) is 47.0 Å². The van der Waals surface area contributed by atoms with Crippen LogP contribution in [0, 0.1) is 0 Å². The molecule has 0 aromatic rings. The second-order valence-corrected chi connectivity index (χ2v) is 5.31. The van der Waals surface area contributed by atoms with Crippen molar-refractivity contribution >= 4 is 29.9 Å². The molecule has 0 saturated carbocycles. The molecular weight excluding hydrogens is 339 g/mol. The molecule has 0 saturated heterocycles. The van der Waals surface area contributed by atoms with Crippen LogP contribution in [0.4, 0.5) is 0 Å². The maximum atomic E-state index is 4.19. The van der Waals surface area contributed by atoms with E-state index in [2.05, 4.69) is 48.6 Å². The third kappa shape index (κ3) is 14.0. The van der Waals surface area contributed by atoms with Gasteiger partial charge in [-0.15, -0.1) is 24.0 Å². The summed E-state index contributed by atoms with van der Waals surface area (Å²) in [5, 5.41) is 10.0. The minimum absolute atomic E-state index is 0.